The topological polar surface area (TPSA) is 58.6 Å². The molecule has 7 heteroatoms. The Bertz CT molecular complexity index is 1400. The van der Waals surface area contributed by atoms with Gasteiger partial charge in [0.1, 0.15) is 11.9 Å². The first-order valence-electron chi connectivity index (χ1n) is 12.4. The average molecular weight is 495 g/mol. The zero-order valence-electron chi connectivity index (χ0n) is 20.5. The number of likely N-dealkylation sites (tertiary alicyclic amines) is 1. The number of nitrogens with zero attached hydrogens (tertiary/aromatic N) is 4. The highest BCUT2D eigenvalue weighted by Crippen LogP contribution is 2.52. The summed E-state index contributed by atoms with van der Waals surface area (Å²) >= 11 is 0. The minimum Gasteiger partial charge on any atom is -0.468 e. The van der Waals surface area contributed by atoms with Crippen LogP contribution < -0.4 is 4.90 Å². The van der Waals surface area contributed by atoms with Crippen LogP contribution in [0.1, 0.15) is 23.5 Å². The van der Waals surface area contributed by atoms with E-state index in [1.807, 2.05) is 24.3 Å². The van der Waals surface area contributed by atoms with Crippen molar-refractivity contribution in [2.75, 3.05) is 18.6 Å². The van der Waals surface area contributed by atoms with E-state index in [1.165, 1.54) is 19.2 Å². The van der Waals surface area contributed by atoms with Crippen LogP contribution in [0.5, 0.6) is 0 Å². The largest absolute Gasteiger partial charge is 0.468 e. The fourth-order valence-corrected chi connectivity index (χ4v) is 5.83. The van der Waals surface area contributed by atoms with Crippen LogP contribution >= 0.6 is 0 Å². The quantitative estimate of drug-likeness (QED) is 0.350. The predicted molar refractivity (Wildman–Crippen MR) is 140 cm³/mol. The molecule has 0 aliphatic carbocycles. The summed E-state index contributed by atoms with van der Waals surface area (Å²) in [5.41, 5.74) is 5.21. The predicted octanol–water partition coefficient (Wildman–Crippen LogP) is 5.33. The zero-order chi connectivity index (χ0) is 25.4. The van der Waals surface area contributed by atoms with Crippen molar-refractivity contribution in [2.45, 2.75) is 31.0 Å². The molecule has 0 N–H and O–H groups in total. The highest BCUT2D eigenvalue weighted by Gasteiger charge is 2.49. The maximum absolute atomic E-state index is 13.8. The third-order valence-electron chi connectivity index (χ3n) is 7.47. The first-order chi connectivity index (χ1) is 18.1. The number of rotatable bonds is 5. The Kier molecular flexibility index (Phi) is 6.14. The second kappa shape index (κ2) is 9.75. The van der Waals surface area contributed by atoms with Gasteiger partial charge in [-0.05, 0) is 41.3 Å². The summed E-state index contributed by atoms with van der Waals surface area (Å²) < 4.78 is 19.0. The van der Waals surface area contributed by atoms with Crippen LogP contribution in [0.25, 0.3) is 11.1 Å². The normalized spacial score (nSPS) is 20.8. The molecule has 0 amide bonds. The maximum atomic E-state index is 13.8. The van der Waals surface area contributed by atoms with Crippen LogP contribution in [-0.2, 0) is 16.1 Å². The Balaban J connectivity index is 1.47. The highest BCUT2D eigenvalue weighted by atomic mass is 19.1. The molecule has 0 bridgehead atoms. The minimum absolute atomic E-state index is 0.0172. The second-order valence-electron chi connectivity index (χ2n) is 9.53. The van der Waals surface area contributed by atoms with Gasteiger partial charge in [-0.25, -0.2) is 14.4 Å². The van der Waals surface area contributed by atoms with Gasteiger partial charge in [-0.2, -0.15) is 0 Å². The molecule has 37 heavy (non-hydrogen) atoms. The van der Waals surface area contributed by atoms with E-state index in [0.717, 1.165) is 27.9 Å². The summed E-state index contributed by atoms with van der Waals surface area (Å²) in [6.07, 6.45) is 4.11. The summed E-state index contributed by atoms with van der Waals surface area (Å²) in [5, 5.41) is 0. The Morgan fingerprint density at radius 2 is 1.73 bits per heavy atom. The van der Waals surface area contributed by atoms with Crippen molar-refractivity contribution in [1.29, 1.82) is 0 Å². The van der Waals surface area contributed by atoms with Gasteiger partial charge in [-0.1, -0.05) is 60.7 Å². The number of para-hydroxylation sites is 1. The van der Waals surface area contributed by atoms with Crippen molar-refractivity contribution >= 4 is 17.6 Å². The standard InChI is InChI=1S/C30H27FN4O2/c1-37-29(36)26-17-25-24-10-5-9-23(21-11-13-22(31)14-12-21)28(24)35(30-32-15-6-16-33-30)27(25)19-34(26)18-20-7-3-2-4-8-20/h2-16,25-27H,17-19H2,1H3. The molecule has 3 unspecified atom stereocenters. The molecule has 0 spiro atoms. The van der Waals surface area contributed by atoms with E-state index in [4.69, 9.17) is 4.74 Å². The van der Waals surface area contributed by atoms with Gasteiger partial charge in [-0.15, -0.1) is 0 Å². The number of fused-ring (bicyclic) bond motifs is 3. The molecule has 186 valence electrons. The summed E-state index contributed by atoms with van der Waals surface area (Å²) in [6, 6.07) is 24.4. The van der Waals surface area contributed by atoms with Crippen LogP contribution in [0.2, 0.25) is 0 Å². The van der Waals surface area contributed by atoms with E-state index in [9.17, 15) is 9.18 Å². The van der Waals surface area contributed by atoms with Crippen molar-refractivity contribution < 1.29 is 13.9 Å². The lowest BCUT2D eigenvalue weighted by atomic mass is 9.83. The SMILES string of the molecule is COC(=O)C1CC2c3cccc(-c4ccc(F)cc4)c3N(c3ncccn3)C2CN1Cc1ccccc1. The van der Waals surface area contributed by atoms with Crippen LogP contribution in [0.15, 0.2) is 91.3 Å². The monoisotopic (exact) mass is 494 g/mol. The molecule has 1 fully saturated rings. The number of hydrogen-bond acceptors (Lipinski definition) is 6. The van der Waals surface area contributed by atoms with E-state index in [-0.39, 0.29) is 29.8 Å². The number of methoxy groups -OCH3 is 1. The van der Waals surface area contributed by atoms with Gasteiger partial charge in [0.25, 0.3) is 0 Å². The molecule has 6 rings (SSSR count). The van der Waals surface area contributed by atoms with Crippen molar-refractivity contribution in [3.8, 4) is 11.1 Å². The van der Waals surface area contributed by atoms with Crippen LogP contribution in [-0.4, -0.2) is 46.6 Å². The molecule has 3 aromatic carbocycles. The van der Waals surface area contributed by atoms with Gasteiger partial charge in [0.2, 0.25) is 5.95 Å². The molecule has 0 radical (unpaired) electrons. The summed E-state index contributed by atoms with van der Waals surface area (Å²) in [5.74, 6) is 0.197. The van der Waals surface area contributed by atoms with Gasteiger partial charge in [-0.3, -0.25) is 9.69 Å². The number of halogens is 1. The number of esters is 1. The maximum Gasteiger partial charge on any atom is 0.323 e. The Morgan fingerprint density at radius 1 is 0.973 bits per heavy atom. The Hall–Kier alpha value is -4.10. The van der Waals surface area contributed by atoms with Crippen LogP contribution in [0.3, 0.4) is 0 Å². The Labute approximate surface area is 215 Å². The van der Waals surface area contributed by atoms with Crippen molar-refractivity contribution in [2.24, 2.45) is 0 Å². The molecule has 3 atom stereocenters. The molecule has 6 nitrogen and oxygen atoms in total. The number of piperidine rings is 1. The van der Waals surface area contributed by atoms with E-state index in [1.54, 1.807) is 30.6 Å². The fourth-order valence-electron chi connectivity index (χ4n) is 5.83. The number of carbonyl (C=O) groups excluding carboxylic acids is 1. The molecular formula is C30H27FN4O2. The number of aromatic nitrogens is 2. The summed E-state index contributed by atoms with van der Waals surface area (Å²) in [6.45, 7) is 1.27. The Morgan fingerprint density at radius 3 is 2.46 bits per heavy atom. The molecule has 2 aliphatic rings. The van der Waals surface area contributed by atoms with Crippen LogP contribution in [0, 0.1) is 5.82 Å². The summed E-state index contributed by atoms with van der Waals surface area (Å²) in [4.78, 5) is 26.7. The number of benzene rings is 3. The minimum atomic E-state index is -0.370. The average Bonchev–Trinajstić information content (AvgIpc) is 3.27. The van der Waals surface area contributed by atoms with E-state index in [2.05, 4.69) is 44.0 Å². The smallest absolute Gasteiger partial charge is 0.323 e. The second-order valence-corrected chi connectivity index (χ2v) is 9.53. The van der Waals surface area contributed by atoms with E-state index >= 15 is 0 Å². The lowest BCUT2D eigenvalue weighted by Gasteiger charge is -2.42. The molecule has 0 saturated carbocycles. The first-order valence-corrected chi connectivity index (χ1v) is 12.4. The van der Waals surface area contributed by atoms with E-state index in [0.29, 0.717) is 25.5 Å². The number of ether oxygens (including phenoxy) is 1. The molecule has 3 heterocycles. The van der Waals surface area contributed by atoms with E-state index < -0.39 is 0 Å². The van der Waals surface area contributed by atoms with Gasteiger partial charge in [0, 0.05) is 37.0 Å². The highest BCUT2D eigenvalue weighted by molar-refractivity contribution is 5.87. The van der Waals surface area contributed by atoms with Gasteiger partial charge < -0.3 is 9.64 Å². The van der Waals surface area contributed by atoms with Gasteiger partial charge in [0.05, 0.1) is 18.8 Å². The third-order valence-corrected chi connectivity index (χ3v) is 7.47. The van der Waals surface area contributed by atoms with Gasteiger partial charge >= 0.3 is 5.97 Å². The number of hydrogen-bond donors (Lipinski definition) is 0. The molecule has 1 saturated heterocycles. The molecule has 4 aromatic rings. The molecule has 2 aliphatic heterocycles. The lowest BCUT2D eigenvalue weighted by Crippen LogP contribution is -2.54. The van der Waals surface area contributed by atoms with Crippen molar-refractivity contribution in [3.63, 3.8) is 0 Å². The summed E-state index contributed by atoms with van der Waals surface area (Å²) in [7, 11) is 1.45. The van der Waals surface area contributed by atoms with Crippen molar-refractivity contribution in [3.05, 3.63) is 108 Å². The lowest BCUT2D eigenvalue weighted by molar-refractivity contribution is -0.149. The first kappa shape index (κ1) is 23.3. The number of anilines is 2. The van der Waals surface area contributed by atoms with Crippen LogP contribution in [0.4, 0.5) is 16.0 Å². The fraction of sp³-hybridized carbons (Fsp3) is 0.233. The number of carbonyl (C=O) groups is 1. The molecule has 1 aromatic heterocycles. The van der Waals surface area contributed by atoms with Gasteiger partial charge in [0.15, 0.2) is 0 Å². The van der Waals surface area contributed by atoms with Crippen molar-refractivity contribution in [1.82, 2.24) is 14.9 Å². The molecular weight excluding hydrogens is 467 g/mol. The zero-order valence-corrected chi connectivity index (χ0v) is 20.5. The third kappa shape index (κ3) is 4.25.